The topological polar surface area (TPSA) is 73.9 Å². The smallest absolute Gasteiger partial charge is 0.377 e. The van der Waals surface area contributed by atoms with E-state index in [2.05, 4.69) is 5.32 Å². The van der Waals surface area contributed by atoms with Crippen molar-refractivity contribution in [3.05, 3.63) is 36.3 Å². The zero-order valence-electron chi connectivity index (χ0n) is 11.8. The van der Waals surface area contributed by atoms with Gasteiger partial charge in [0.15, 0.2) is 6.61 Å². The normalized spacial score (nSPS) is 13.6. The van der Waals surface area contributed by atoms with E-state index in [-0.39, 0.29) is 12.4 Å². The van der Waals surface area contributed by atoms with Gasteiger partial charge in [0.2, 0.25) is 5.76 Å². The number of carbonyl (C=O) groups excluding carboxylic acids is 2. The molecule has 0 unspecified atom stereocenters. The number of nitrogens with one attached hydrogen (secondary N) is 1. The lowest BCUT2D eigenvalue weighted by atomic mass is 10.3. The van der Waals surface area contributed by atoms with Gasteiger partial charge in [-0.25, -0.2) is 4.79 Å². The summed E-state index contributed by atoms with van der Waals surface area (Å²) in [6.45, 7) is 0.0697. The lowest BCUT2D eigenvalue weighted by molar-refractivity contribution is -0.148. The minimum Gasteiger partial charge on any atom is -0.493 e. The molecule has 0 atom stereocenters. The second-order valence-electron chi connectivity index (χ2n) is 4.23. The third-order valence-corrected chi connectivity index (χ3v) is 3.27. The molecule has 0 aliphatic carbocycles. The lowest BCUT2D eigenvalue weighted by Gasteiger charge is -2.14. The molecule has 0 bridgehead atoms. The SMILES string of the molecule is O=C(COC(=O)C1=COCCO1)Nc1ccc(SC(F)F)cc1. The van der Waals surface area contributed by atoms with Gasteiger partial charge in [0.1, 0.15) is 19.5 Å². The van der Waals surface area contributed by atoms with Crippen molar-refractivity contribution in [1.29, 1.82) is 0 Å². The highest BCUT2D eigenvalue weighted by molar-refractivity contribution is 7.99. The van der Waals surface area contributed by atoms with Crippen LogP contribution < -0.4 is 5.32 Å². The van der Waals surface area contributed by atoms with Crippen molar-refractivity contribution in [1.82, 2.24) is 0 Å². The number of benzene rings is 1. The summed E-state index contributed by atoms with van der Waals surface area (Å²) in [5.41, 5.74) is 0.404. The monoisotopic (exact) mass is 345 g/mol. The van der Waals surface area contributed by atoms with Crippen LogP contribution in [-0.2, 0) is 23.8 Å². The van der Waals surface area contributed by atoms with E-state index >= 15 is 0 Å². The van der Waals surface area contributed by atoms with Gasteiger partial charge < -0.3 is 19.5 Å². The predicted octanol–water partition coefficient (Wildman–Crippen LogP) is 2.37. The van der Waals surface area contributed by atoms with E-state index in [1.165, 1.54) is 24.3 Å². The lowest BCUT2D eigenvalue weighted by Crippen LogP contribution is -2.23. The van der Waals surface area contributed by atoms with Crippen LogP contribution >= 0.6 is 11.8 Å². The second kappa shape index (κ2) is 8.37. The highest BCUT2D eigenvalue weighted by atomic mass is 32.2. The van der Waals surface area contributed by atoms with Crippen LogP contribution in [0.15, 0.2) is 41.2 Å². The first-order valence-electron chi connectivity index (χ1n) is 6.51. The Morgan fingerprint density at radius 3 is 2.61 bits per heavy atom. The third-order valence-electron chi connectivity index (χ3n) is 2.55. The first kappa shape index (κ1) is 17.1. The molecule has 0 saturated heterocycles. The van der Waals surface area contributed by atoms with Crippen molar-refractivity contribution < 1.29 is 32.6 Å². The Balaban J connectivity index is 1.78. The molecule has 23 heavy (non-hydrogen) atoms. The molecule has 1 aliphatic heterocycles. The van der Waals surface area contributed by atoms with Crippen molar-refractivity contribution >= 4 is 29.3 Å². The highest BCUT2D eigenvalue weighted by Crippen LogP contribution is 2.26. The minimum atomic E-state index is -2.50. The van der Waals surface area contributed by atoms with E-state index < -0.39 is 24.2 Å². The predicted molar refractivity (Wildman–Crippen MR) is 77.9 cm³/mol. The molecule has 1 N–H and O–H groups in total. The molecule has 1 heterocycles. The fourth-order valence-electron chi connectivity index (χ4n) is 1.59. The van der Waals surface area contributed by atoms with Crippen molar-refractivity contribution in [3.63, 3.8) is 0 Å². The molecule has 0 spiro atoms. The Kier molecular flexibility index (Phi) is 6.21. The Morgan fingerprint density at radius 1 is 1.26 bits per heavy atom. The summed E-state index contributed by atoms with van der Waals surface area (Å²) in [6, 6.07) is 5.86. The van der Waals surface area contributed by atoms with Crippen molar-refractivity contribution in [2.45, 2.75) is 10.7 Å². The van der Waals surface area contributed by atoms with Crippen LogP contribution in [0.2, 0.25) is 0 Å². The fourth-order valence-corrected chi connectivity index (χ4v) is 2.09. The van der Waals surface area contributed by atoms with E-state index in [9.17, 15) is 18.4 Å². The first-order chi connectivity index (χ1) is 11.0. The number of esters is 1. The second-order valence-corrected chi connectivity index (χ2v) is 5.29. The minimum absolute atomic E-state index is 0.0996. The number of alkyl halides is 2. The highest BCUT2D eigenvalue weighted by Gasteiger charge is 2.18. The molecule has 2 rings (SSSR count). The maximum Gasteiger partial charge on any atom is 0.377 e. The first-order valence-corrected chi connectivity index (χ1v) is 7.39. The maximum atomic E-state index is 12.2. The number of ether oxygens (including phenoxy) is 3. The van der Waals surface area contributed by atoms with E-state index in [1.807, 2.05) is 0 Å². The number of rotatable bonds is 6. The molecule has 9 heteroatoms. The number of hydrogen-bond acceptors (Lipinski definition) is 6. The molecule has 1 amide bonds. The van der Waals surface area contributed by atoms with Crippen LogP contribution in [0.4, 0.5) is 14.5 Å². The third kappa shape index (κ3) is 5.78. The van der Waals surface area contributed by atoms with Crippen molar-refractivity contribution in [3.8, 4) is 0 Å². The Morgan fingerprint density at radius 2 is 2.00 bits per heavy atom. The van der Waals surface area contributed by atoms with Crippen LogP contribution in [0, 0.1) is 0 Å². The maximum absolute atomic E-state index is 12.2. The van der Waals surface area contributed by atoms with E-state index in [4.69, 9.17) is 14.2 Å². The summed E-state index contributed by atoms with van der Waals surface area (Å²) in [5, 5.41) is 2.48. The van der Waals surface area contributed by atoms with Gasteiger partial charge in [-0.1, -0.05) is 11.8 Å². The summed E-state index contributed by atoms with van der Waals surface area (Å²) in [4.78, 5) is 23.6. The molecule has 0 saturated carbocycles. The fraction of sp³-hybridized carbons (Fsp3) is 0.286. The number of carbonyl (C=O) groups is 2. The van der Waals surface area contributed by atoms with Gasteiger partial charge in [-0.2, -0.15) is 8.78 Å². The van der Waals surface area contributed by atoms with Crippen LogP contribution in [0.5, 0.6) is 0 Å². The molecule has 124 valence electrons. The summed E-state index contributed by atoms with van der Waals surface area (Å²) in [7, 11) is 0. The van der Waals surface area contributed by atoms with Gasteiger partial charge >= 0.3 is 5.97 Å². The Labute approximate surface area is 134 Å². The summed E-state index contributed by atoms with van der Waals surface area (Å²) < 4.78 is 39.0. The number of thioether (sulfide) groups is 1. The van der Waals surface area contributed by atoms with Crippen LogP contribution in [0.1, 0.15) is 0 Å². The molecule has 0 aromatic heterocycles. The van der Waals surface area contributed by atoms with Gasteiger partial charge in [0.05, 0.1) is 0 Å². The van der Waals surface area contributed by atoms with E-state index in [0.717, 1.165) is 6.26 Å². The van der Waals surface area contributed by atoms with Gasteiger partial charge in [-0.05, 0) is 24.3 Å². The zero-order chi connectivity index (χ0) is 16.7. The standard InChI is InChI=1S/C14H13F2NO5S/c15-14(16)23-10-3-1-9(2-4-10)17-12(18)8-22-13(19)11-7-20-5-6-21-11/h1-4,7,14H,5-6,8H2,(H,17,18). The molecule has 0 fully saturated rings. The molecule has 1 aliphatic rings. The number of halogens is 2. The number of anilines is 1. The largest absolute Gasteiger partial charge is 0.493 e. The Bertz CT molecular complexity index is 591. The molecular weight excluding hydrogens is 332 g/mol. The van der Waals surface area contributed by atoms with Gasteiger partial charge in [0.25, 0.3) is 11.7 Å². The van der Waals surface area contributed by atoms with Crippen molar-refractivity contribution in [2.75, 3.05) is 25.1 Å². The van der Waals surface area contributed by atoms with E-state index in [0.29, 0.717) is 29.0 Å². The molecular formula is C14H13F2NO5S. The van der Waals surface area contributed by atoms with Crippen LogP contribution in [0.3, 0.4) is 0 Å². The molecule has 6 nitrogen and oxygen atoms in total. The van der Waals surface area contributed by atoms with Crippen molar-refractivity contribution in [2.24, 2.45) is 0 Å². The average molecular weight is 345 g/mol. The summed E-state index contributed by atoms with van der Waals surface area (Å²) in [5.74, 6) is -3.97. The molecule has 1 aromatic rings. The number of amides is 1. The summed E-state index contributed by atoms with van der Waals surface area (Å²) in [6.07, 6.45) is 1.13. The van der Waals surface area contributed by atoms with Crippen LogP contribution in [-0.4, -0.2) is 37.5 Å². The van der Waals surface area contributed by atoms with Crippen LogP contribution in [0.25, 0.3) is 0 Å². The molecule has 1 aromatic carbocycles. The van der Waals surface area contributed by atoms with Gasteiger partial charge in [-0.15, -0.1) is 0 Å². The zero-order valence-corrected chi connectivity index (χ0v) is 12.6. The van der Waals surface area contributed by atoms with Gasteiger partial charge in [0, 0.05) is 10.6 Å². The summed E-state index contributed by atoms with van der Waals surface area (Å²) >= 11 is 0.409. The average Bonchev–Trinajstić information content (AvgIpc) is 2.55. The quantitative estimate of drug-likeness (QED) is 0.630. The Hall–Kier alpha value is -2.29. The molecule has 0 radical (unpaired) electrons. The van der Waals surface area contributed by atoms with Gasteiger partial charge in [-0.3, -0.25) is 4.79 Å². The number of hydrogen-bond donors (Lipinski definition) is 1. The van der Waals surface area contributed by atoms with E-state index in [1.54, 1.807) is 0 Å².